The normalized spacial score (nSPS) is 13.2. The van der Waals surface area contributed by atoms with Crippen LogP contribution in [0.4, 0.5) is 15.8 Å². The van der Waals surface area contributed by atoms with Gasteiger partial charge in [-0.2, -0.15) is 0 Å². The van der Waals surface area contributed by atoms with E-state index in [-0.39, 0.29) is 5.56 Å². The number of halogens is 1. The minimum Gasteiger partial charge on any atom is -0.385 e. The molecule has 2 aromatic rings. The molecule has 1 aliphatic rings. The molecule has 1 amide bonds. The number of rotatable bonds is 2. The van der Waals surface area contributed by atoms with E-state index in [9.17, 15) is 9.18 Å². The van der Waals surface area contributed by atoms with Crippen molar-refractivity contribution in [2.75, 3.05) is 17.2 Å². The number of nitrogens with one attached hydrogen (secondary N) is 2. The highest BCUT2D eigenvalue weighted by atomic mass is 19.1. The van der Waals surface area contributed by atoms with Gasteiger partial charge in [-0.1, -0.05) is 12.1 Å². The van der Waals surface area contributed by atoms with Crippen molar-refractivity contribution in [3.63, 3.8) is 0 Å². The van der Waals surface area contributed by atoms with Gasteiger partial charge in [-0.15, -0.1) is 0 Å². The summed E-state index contributed by atoms with van der Waals surface area (Å²) in [6.45, 7) is 2.63. The molecule has 3 nitrogen and oxygen atoms in total. The number of benzene rings is 2. The van der Waals surface area contributed by atoms with Crippen molar-refractivity contribution in [3.8, 4) is 0 Å². The van der Waals surface area contributed by atoms with Gasteiger partial charge in [-0.3, -0.25) is 4.79 Å². The van der Waals surface area contributed by atoms with E-state index in [1.165, 1.54) is 11.6 Å². The van der Waals surface area contributed by atoms with Crippen LogP contribution in [0.3, 0.4) is 0 Å². The van der Waals surface area contributed by atoms with Crippen LogP contribution in [-0.2, 0) is 6.42 Å². The molecule has 21 heavy (non-hydrogen) atoms. The summed E-state index contributed by atoms with van der Waals surface area (Å²) in [5.74, 6) is -0.880. The first kappa shape index (κ1) is 13.6. The fourth-order valence-electron chi connectivity index (χ4n) is 2.57. The van der Waals surface area contributed by atoms with Crippen molar-refractivity contribution in [1.29, 1.82) is 0 Å². The molecule has 0 unspecified atom stereocenters. The van der Waals surface area contributed by atoms with E-state index in [1.54, 1.807) is 19.1 Å². The first-order valence-electron chi connectivity index (χ1n) is 7.08. The molecule has 2 N–H and O–H groups in total. The topological polar surface area (TPSA) is 41.1 Å². The monoisotopic (exact) mass is 284 g/mol. The summed E-state index contributed by atoms with van der Waals surface area (Å²) in [5, 5.41) is 6.09. The highest BCUT2D eigenvalue weighted by molar-refractivity contribution is 6.04. The van der Waals surface area contributed by atoms with Gasteiger partial charge in [-0.05, 0) is 55.2 Å². The zero-order chi connectivity index (χ0) is 14.8. The molecule has 0 aromatic heterocycles. The van der Waals surface area contributed by atoms with Crippen LogP contribution in [0.2, 0.25) is 0 Å². The summed E-state index contributed by atoms with van der Waals surface area (Å²) < 4.78 is 14.0. The Morgan fingerprint density at radius 1 is 1.29 bits per heavy atom. The van der Waals surface area contributed by atoms with Crippen LogP contribution in [0.15, 0.2) is 36.4 Å². The van der Waals surface area contributed by atoms with Gasteiger partial charge in [0.1, 0.15) is 5.82 Å². The van der Waals surface area contributed by atoms with Gasteiger partial charge in [0.05, 0.1) is 5.56 Å². The van der Waals surface area contributed by atoms with Gasteiger partial charge in [0.2, 0.25) is 0 Å². The van der Waals surface area contributed by atoms with Crippen molar-refractivity contribution < 1.29 is 9.18 Å². The number of hydrogen-bond donors (Lipinski definition) is 2. The molecule has 0 fully saturated rings. The van der Waals surface area contributed by atoms with Gasteiger partial charge in [0.15, 0.2) is 0 Å². The first-order chi connectivity index (χ1) is 10.1. The molecule has 0 radical (unpaired) electrons. The van der Waals surface area contributed by atoms with Crippen LogP contribution < -0.4 is 10.6 Å². The van der Waals surface area contributed by atoms with E-state index in [4.69, 9.17) is 0 Å². The number of amides is 1. The van der Waals surface area contributed by atoms with Crippen LogP contribution >= 0.6 is 0 Å². The summed E-state index contributed by atoms with van der Waals surface area (Å²) >= 11 is 0. The Hall–Kier alpha value is -2.36. The molecule has 0 aliphatic carbocycles. The van der Waals surface area contributed by atoms with Crippen molar-refractivity contribution in [2.24, 2.45) is 0 Å². The molecular weight excluding hydrogens is 267 g/mol. The lowest BCUT2D eigenvalue weighted by Crippen LogP contribution is -2.16. The van der Waals surface area contributed by atoms with Crippen LogP contribution in [0, 0.1) is 12.7 Å². The predicted octanol–water partition coefficient (Wildman–Crippen LogP) is 3.74. The molecular formula is C17H17FN2O. The van der Waals surface area contributed by atoms with E-state index in [0.717, 1.165) is 25.1 Å². The predicted molar refractivity (Wildman–Crippen MR) is 82.3 cm³/mol. The van der Waals surface area contributed by atoms with E-state index in [1.807, 2.05) is 18.2 Å². The third-order valence-electron chi connectivity index (χ3n) is 3.74. The maximum Gasteiger partial charge on any atom is 0.258 e. The summed E-state index contributed by atoms with van der Waals surface area (Å²) in [6.07, 6.45) is 2.07. The highest BCUT2D eigenvalue weighted by Crippen LogP contribution is 2.25. The van der Waals surface area contributed by atoms with Crippen LogP contribution in [0.5, 0.6) is 0 Å². The van der Waals surface area contributed by atoms with Crippen LogP contribution in [0.25, 0.3) is 0 Å². The Morgan fingerprint density at radius 3 is 3.00 bits per heavy atom. The lowest BCUT2D eigenvalue weighted by atomic mass is 10.0. The Morgan fingerprint density at radius 2 is 2.14 bits per heavy atom. The van der Waals surface area contributed by atoms with Gasteiger partial charge < -0.3 is 10.6 Å². The smallest absolute Gasteiger partial charge is 0.258 e. The second-order valence-electron chi connectivity index (χ2n) is 5.29. The van der Waals surface area contributed by atoms with Crippen LogP contribution in [0.1, 0.15) is 27.9 Å². The van der Waals surface area contributed by atoms with Crippen LogP contribution in [-0.4, -0.2) is 12.5 Å². The quantitative estimate of drug-likeness (QED) is 0.882. The molecule has 4 heteroatoms. The maximum absolute atomic E-state index is 14.0. The summed E-state index contributed by atoms with van der Waals surface area (Å²) in [6, 6.07) is 10.6. The molecule has 1 heterocycles. The summed E-state index contributed by atoms with van der Waals surface area (Å²) in [7, 11) is 0. The van der Waals surface area contributed by atoms with Gasteiger partial charge >= 0.3 is 0 Å². The fraction of sp³-hybridized carbons (Fsp3) is 0.235. The molecule has 0 saturated carbocycles. The van der Waals surface area contributed by atoms with E-state index in [2.05, 4.69) is 10.6 Å². The molecule has 1 aliphatic heterocycles. The minimum absolute atomic E-state index is 0.0749. The molecule has 0 bridgehead atoms. The van der Waals surface area contributed by atoms with Gasteiger partial charge in [0, 0.05) is 17.9 Å². The van der Waals surface area contributed by atoms with Gasteiger partial charge in [0.25, 0.3) is 5.91 Å². The molecule has 0 spiro atoms. The number of fused-ring (bicyclic) bond motifs is 1. The fourth-order valence-corrected chi connectivity index (χ4v) is 2.57. The standard InChI is InChI=1S/C17H17FN2O/c1-11-4-2-6-14(16(11)18)17(21)20-13-7-8-15-12(10-13)5-3-9-19-15/h2,4,6-8,10,19H,3,5,9H2,1H3,(H,20,21). The molecule has 2 aromatic carbocycles. The zero-order valence-corrected chi connectivity index (χ0v) is 11.9. The first-order valence-corrected chi connectivity index (χ1v) is 7.08. The third-order valence-corrected chi connectivity index (χ3v) is 3.74. The Labute approximate surface area is 123 Å². The van der Waals surface area contributed by atoms with Crippen molar-refractivity contribution >= 4 is 17.3 Å². The lowest BCUT2D eigenvalue weighted by Gasteiger charge is -2.19. The number of anilines is 2. The molecule has 0 saturated heterocycles. The largest absolute Gasteiger partial charge is 0.385 e. The maximum atomic E-state index is 14.0. The number of aryl methyl sites for hydroxylation is 2. The summed E-state index contributed by atoms with van der Waals surface area (Å²) in [5.41, 5.74) is 3.54. The highest BCUT2D eigenvalue weighted by Gasteiger charge is 2.14. The number of hydrogen-bond acceptors (Lipinski definition) is 2. The second-order valence-corrected chi connectivity index (χ2v) is 5.29. The lowest BCUT2D eigenvalue weighted by molar-refractivity contribution is 0.102. The van der Waals surface area contributed by atoms with Crippen molar-refractivity contribution in [3.05, 3.63) is 58.9 Å². The average molecular weight is 284 g/mol. The number of carbonyl (C=O) groups is 1. The summed E-state index contributed by atoms with van der Waals surface area (Å²) in [4.78, 5) is 12.2. The molecule has 0 atom stereocenters. The van der Waals surface area contributed by atoms with Crippen molar-refractivity contribution in [2.45, 2.75) is 19.8 Å². The Kier molecular flexibility index (Phi) is 3.60. The minimum atomic E-state index is -0.463. The molecule has 3 rings (SSSR count). The second kappa shape index (κ2) is 5.56. The molecule has 108 valence electrons. The van der Waals surface area contributed by atoms with E-state index >= 15 is 0 Å². The average Bonchev–Trinajstić information content (AvgIpc) is 2.50. The zero-order valence-electron chi connectivity index (χ0n) is 11.9. The van der Waals surface area contributed by atoms with E-state index < -0.39 is 11.7 Å². The Balaban J connectivity index is 1.83. The SMILES string of the molecule is Cc1cccc(C(=O)Nc2ccc3c(c2)CCCN3)c1F. The third kappa shape index (κ3) is 2.75. The van der Waals surface area contributed by atoms with Gasteiger partial charge in [-0.25, -0.2) is 4.39 Å². The Bertz CT molecular complexity index is 697. The number of carbonyl (C=O) groups excluding carboxylic acids is 1. The van der Waals surface area contributed by atoms with E-state index in [0.29, 0.717) is 11.3 Å². The van der Waals surface area contributed by atoms with Crippen molar-refractivity contribution in [1.82, 2.24) is 0 Å².